The Morgan fingerprint density at radius 3 is 2.31 bits per heavy atom. The molecule has 0 atom stereocenters. The zero-order chi connectivity index (χ0) is 16.2. The predicted octanol–water partition coefficient (Wildman–Crippen LogP) is 4.22. The van der Waals surface area contributed by atoms with E-state index in [4.69, 9.17) is 4.74 Å². The molecule has 1 fully saturated rings. The van der Waals surface area contributed by atoms with Crippen LogP contribution < -0.4 is 9.64 Å². The standard InChI is InChI=1S/C21H26N2O.2ClH/c1-2-7-20(8-3-1)23-13-11-22(12-14-23)15-16-24-21-10-9-18-5-4-6-19(18)17-21;;/h1-3,7-10,17H,4-6,11-16H2;2*1H. The van der Waals surface area contributed by atoms with Gasteiger partial charge in [-0.25, -0.2) is 0 Å². The monoisotopic (exact) mass is 394 g/mol. The van der Waals surface area contributed by atoms with Crippen molar-refractivity contribution in [3.05, 3.63) is 59.7 Å². The van der Waals surface area contributed by atoms with E-state index in [0.29, 0.717) is 0 Å². The Labute approximate surface area is 169 Å². The van der Waals surface area contributed by atoms with Gasteiger partial charge < -0.3 is 9.64 Å². The number of fused-ring (bicyclic) bond motifs is 1. The fourth-order valence-electron chi connectivity index (χ4n) is 3.80. The highest BCUT2D eigenvalue weighted by atomic mass is 35.5. The van der Waals surface area contributed by atoms with Crippen LogP contribution >= 0.6 is 24.8 Å². The number of anilines is 1. The van der Waals surface area contributed by atoms with E-state index >= 15 is 0 Å². The van der Waals surface area contributed by atoms with Crippen LogP contribution in [0.1, 0.15) is 17.5 Å². The molecule has 1 saturated heterocycles. The first-order chi connectivity index (χ1) is 11.9. The first-order valence-corrected chi connectivity index (χ1v) is 9.15. The molecule has 26 heavy (non-hydrogen) atoms. The predicted molar refractivity (Wildman–Crippen MR) is 114 cm³/mol. The first-order valence-electron chi connectivity index (χ1n) is 9.15. The maximum Gasteiger partial charge on any atom is 0.119 e. The van der Waals surface area contributed by atoms with Gasteiger partial charge in [-0.1, -0.05) is 24.3 Å². The van der Waals surface area contributed by atoms with Gasteiger partial charge in [0.15, 0.2) is 0 Å². The summed E-state index contributed by atoms with van der Waals surface area (Å²) in [7, 11) is 0. The van der Waals surface area contributed by atoms with Crippen molar-refractivity contribution in [1.29, 1.82) is 0 Å². The number of nitrogens with zero attached hydrogens (tertiary/aromatic N) is 2. The van der Waals surface area contributed by atoms with Crippen LogP contribution in [0.15, 0.2) is 48.5 Å². The second-order valence-electron chi connectivity index (χ2n) is 6.80. The number of benzene rings is 2. The molecule has 0 radical (unpaired) electrons. The molecule has 0 aromatic heterocycles. The largest absolute Gasteiger partial charge is 0.492 e. The van der Waals surface area contributed by atoms with Gasteiger partial charge in [-0.2, -0.15) is 0 Å². The van der Waals surface area contributed by atoms with E-state index in [9.17, 15) is 0 Å². The number of piperazine rings is 1. The Morgan fingerprint density at radius 2 is 1.54 bits per heavy atom. The minimum absolute atomic E-state index is 0. The molecule has 5 heteroatoms. The van der Waals surface area contributed by atoms with E-state index < -0.39 is 0 Å². The molecule has 1 aliphatic heterocycles. The Balaban J connectivity index is 0.00000121. The van der Waals surface area contributed by atoms with Crippen LogP contribution in [0.2, 0.25) is 0 Å². The van der Waals surface area contributed by atoms with Gasteiger partial charge in [0, 0.05) is 38.4 Å². The van der Waals surface area contributed by atoms with Crippen molar-refractivity contribution >= 4 is 30.5 Å². The molecule has 2 aromatic carbocycles. The molecule has 2 aromatic rings. The van der Waals surface area contributed by atoms with Crippen LogP contribution in [0.3, 0.4) is 0 Å². The van der Waals surface area contributed by atoms with Crippen molar-refractivity contribution in [2.24, 2.45) is 0 Å². The minimum atomic E-state index is 0. The third-order valence-electron chi connectivity index (χ3n) is 5.24. The van der Waals surface area contributed by atoms with E-state index in [1.165, 1.54) is 36.1 Å². The van der Waals surface area contributed by atoms with Crippen LogP contribution in [0.4, 0.5) is 5.69 Å². The van der Waals surface area contributed by atoms with Crippen molar-refractivity contribution in [3.8, 4) is 5.75 Å². The fourth-order valence-corrected chi connectivity index (χ4v) is 3.80. The van der Waals surface area contributed by atoms with E-state index in [-0.39, 0.29) is 24.8 Å². The number of hydrogen-bond donors (Lipinski definition) is 0. The normalized spacial score (nSPS) is 16.4. The molecule has 142 valence electrons. The Hall–Kier alpha value is -1.42. The molecule has 0 spiro atoms. The third kappa shape index (κ3) is 5.06. The van der Waals surface area contributed by atoms with Crippen LogP contribution in [-0.4, -0.2) is 44.2 Å². The van der Waals surface area contributed by atoms with Crippen molar-refractivity contribution in [3.63, 3.8) is 0 Å². The zero-order valence-electron chi connectivity index (χ0n) is 15.1. The van der Waals surface area contributed by atoms with Crippen LogP contribution in [0.5, 0.6) is 5.75 Å². The molecule has 2 aliphatic rings. The highest BCUT2D eigenvalue weighted by molar-refractivity contribution is 5.85. The van der Waals surface area contributed by atoms with Crippen LogP contribution in [0.25, 0.3) is 0 Å². The van der Waals surface area contributed by atoms with Gasteiger partial charge >= 0.3 is 0 Å². The summed E-state index contributed by atoms with van der Waals surface area (Å²) in [5.41, 5.74) is 4.34. The lowest BCUT2D eigenvalue weighted by atomic mass is 10.1. The molecular weight excluding hydrogens is 367 g/mol. The molecule has 4 rings (SSSR count). The van der Waals surface area contributed by atoms with Gasteiger partial charge in [0.25, 0.3) is 0 Å². The highest BCUT2D eigenvalue weighted by Crippen LogP contribution is 2.26. The lowest BCUT2D eigenvalue weighted by molar-refractivity contribution is 0.200. The summed E-state index contributed by atoms with van der Waals surface area (Å²) in [6, 6.07) is 17.3. The molecule has 0 N–H and O–H groups in total. The molecule has 1 heterocycles. The Kier molecular flexibility index (Phi) is 8.08. The summed E-state index contributed by atoms with van der Waals surface area (Å²) in [6.45, 7) is 6.22. The molecule has 0 unspecified atom stereocenters. The molecule has 0 amide bonds. The summed E-state index contributed by atoms with van der Waals surface area (Å²) in [5.74, 6) is 1.04. The van der Waals surface area contributed by atoms with Gasteiger partial charge in [0.2, 0.25) is 0 Å². The lowest BCUT2D eigenvalue weighted by Crippen LogP contribution is -2.47. The van der Waals surface area contributed by atoms with E-state index in [0.717, 1.165) is 45.1 Å². The molecule has 3 nitrogen and oxygen atoms in total. The average molecular weight is 395 g/mol. The number of para-hydroxylation sites is 1. The van der Waals surface area contributed by atoms with E-state index in [2.05, 4.69) is 58.3 Å². The number of ether oxygens (including phenoxy) is 1. The SMILES string of the molecule is Cl.Cl.c1ccc(N2CCN(CCOc3ccc4c(c3)CCC4)CC2)cc1. The first kappa shape index (κ1) is 20.9. The second kappa shape index (κ2) is 10.1. The van der Waals surface area contributed by atoms with E-state index in [1.54, 1.807) is 0 Å². The summed E-state index contributed by atoms with van der Waals surface area (Å²) < 4.78 is 5.99. The maximum atomic E-state index is 5.99. The van der Waals surface area contributed by atoms with Crippen molar-refractivity contribution in [2.75, 3.05) is 44.2 Å². The summed E-state index contributed by atoms with van der Waals surface area (Å²) in [4.78, 5) is 4.98. The van der Waals surface area contributed by atoms with Gasteiger partial charge in [-0.15, -0.1) is 24.8 Å². The quantitative estimate of drug-likeness (QED) is 0.754. The zero-order valence-corrected chi connectivity index (χ0v) is 16.7. The molecular formula is C21H28Cl2N2O. The summed E-state index contributed by atoms with van der Waals surface area (Å²) >= 11 is 0. The Bertz CT molecular complexity index is 673. The molecule has 0 saturated carbocycles. The number of halogens is 2. The number of aryl methyl sites for hydroxylation is 2. The number of hydrogen-bond acceptors (Lipinski definition) is 3. The van der Waals surface area contributed by atoms with Crippen molar-refractivity contribution < 1.29 is 4.74 Å². The van der Waals surface area contributed by atoms with Crippen molar-refractivity contribution in [1.82, 2.24) is 4.90 Å². The molecule has 1 aliphatic carbocycles. The molecule has 0 bridgehead atoms. The second-order valence-corrected chi connectivity index (χ2v) is 6.80. The number of rotatable bonds is 5. The highest BCUT2D eigenvalue weighted by Gasteiger charge is 2.17. The van der Waals surface area contributed by atoms with Crippen LogP contribution in [0, 0.1) is 0 Å². The van der Waals surface area contributed by atoms with Gasteiger partial charge in [0.1, 0.15) is 12.4 Å². The smallest absolute Gasteiger partial charge is 0.119 e. The van der Waals surface area contributed by atoms with Crippen LogP contribution in [-0.2, 0) is 12.8 Å². The topological polar surface area (TPSA) is 15.7 Å². The van der Waals surface area contributed by atoms with E-state index in [1.807, 2.05) is 0 Å². The maximum absolute atomic E-state index is 5.99. The average Bonchev–Trinajstić information content (AvgIpc) is 3.11. The van der Waals surface area contributed by atoms with Gasteiger partial charge in [0.05, 0.1) is 0 Å². The Morgan fingerprint density at radius 1 is 0.808 bits per heavy atom. The minimum Gasteiger partial charge on any atom is -0.492 e. The third-order valence-corrected chi connectivity index (χ3v) is 5.24. The van der Waals surface area contributed by atoms with Crippen molar-refractivity contribution in [2.45, 2.75) is 19.3 Å². The van der Waals surface area contributed by atoms with Gasteiger partial charge in [-0.05, 0) is 54.7 Å². The summed E-state index contributed by atoms with van der Waals surface area (Å²) in [5, 5.41) is 0. The fraction of sp³-hybridized carbons (Fsp3) is 0.429. The summed E-state index contributed by atoms with van der Waals surface area (Å²) in [6.07, 6.45) is 3.75. The lowest BCUT2D eigenvalue weighted by Gasteiger charge is -2.36. The van der Waals surface area contributed by atoms with Gasteiger partial charge in [-0.3, -0.25) is 4.90 Å².